The molecule has 1 aromatic carbocycles. The number of nitrogens with zero attached hydrogens (tertiary/aromatic N) is 1. The van der Waals surface area contributed by atoms with Crippen LogP contribution in [0.2, 0.25) is 5.02 Å². The van der Waals surface area contributed by atoms with E-state index in [0.717, 1.165) is 4.90 Å². The van der Waals surface area contributed by atoms with Crippen molar-refractivity contribution in [1.29, 1.82) is 0 Å². The highest BCUT2D eigenvalue weighted by molar-refractivity contribution is 7.89. The average molecular weight is 349 g/mol. The van der Waals surface area contributed by atoms with Gasteiger partial charge in [-0.2, -0.15) is 4.72 Å². The minimum atomic E-state index is -3.90. The monoisotopic (exact) mass is 348 g/mol. The minimum absolute atomic E-state index is 0.0366. The van der Waals surface area contributed by atoms with Gasteiger partial charge >= 0.3 is 5.97 Å². The fourth-order valence-corrected chi connectivity index (χ4v) is 2.95. The van der Waals surface area contributed by atoms with Crippen LogP contribution in [0.15, 0.2) is 29.2 Å². The minimum Gasteiger partial charge on any atom is -0.480 e. The van der Waals surface area contributed by atoms with Gasteiger partial charge in [-0.3, -0.25) is 4.79 Å². The molecule has 2 N–H and O–H groups in total. The Hall–Kier alpha value is -1.64. The number of halogens is 1. The molecule has 0 aliphatic rings. The van der Waals surface area contributed by atoms with Crippen LogP contribution in [0.1, 0.15) is 13.8 Å². The second kappa shape index (κ2) is 7.08. The number of amides is 1. The highest BCUT2D eigenvalue weighted by atomic mass is 35.5. The summed E-state index contributed by atoms with van der Waals surface area (Å²) in [5.74, 6) is -1.82. The Balaban J connectivity index is 2.87. The molecule has 9 heteroatoms. The van der Waals surface area contributed by atoms with E-state index >= 15 is 0 Å². The molecule has 0 radical (unpaired) electrons. The summed E-state index contributed by atoms with van der Waals surface area (Å²) in [6, 6.07) is 3.29. The van der Waals surface area contributed by atoms with E-state index in [1.165, 1.54) is 45.2 Å². The molecule has 7 nitrogen and oxygen atoms in total. The van der Waals surface area contributed by atoms with Gasteiger partial charge in [0.15, 0.2) is 0 Å². The molecule has 2 atom stereocenters. The summed E-state index contributed by atoms with van der Waals surface area (Å²) in [7, 11) is -2.60. The van der Waals surface area contributed by atoms with E-state index < -0.39 is 34.0 Å². The molecule has 122 valence electrons. The quantitative estimate of drug-likeness (QED) is 0.796. The maximum Gasteiger partial charge on any atom is 0.326 e. The zero-order chi connectivity index (χ0) is 17.1. The predicted molar refractivity (Wildman–Crippen MR) is 81.1 cm³/mol. The third-order valence-electron chi connectivity index (χ3n) is 3.11. The van der Waals surface area contributed by atoms with Gasteiger partial charge in [0, 0.05) is 12.1 Å². The molecule has 0 heterocycles. The molecule has 1 amide bonds. The van der Waals surface area contributed by atoms with Crippen molar-refractivity contribution < 1.29 is 23.1 Å². The van der Waals surface area contributed by atoms with Crippen molar-refractivity contribution in [2.75, 3.05) is 7.05 Å². The van der Waals surface area contributed by atoms with Crippen LogP contribution in [-0.4, -0.2) is 49.4 Å². The molecule has 2 unspecified atom stereocenters. The van der Waals surface area contributed by atoms with Crippen LogP contribution in [0.4, 0.5) is 0 Å². The number of carboxylic acid groups (broad SMARTS) is 1. The molecule has 0 bridgehead atoms. The number of carbonyl (C=O) groups excluding carboxylic acids is 1. The van der Waals surface area contributed by atoms with E-state index in [2.05, 4.69) is 4.72 Å². The molecule has 0 aliphatic heterocycles. The van der Waals surface area contributed by atoms with E-state index in [0.29, 0.717) is 5.02 Å². The van der Waals surface area contributed by atoms with Crippen LogP contribution in [0.5, 0.6) is 0 Å². The number of rotatable bonds is 6. The highest BCUT2D eigenvalue weighted by Crippen LogP contribution is 2.14. The molecule has 0 aromatic heterocycles. The first-order valence-electron chi connectivity index (χ1n) is 6.33. The van der Waals surface area contributed by atoms with Crippen molar-refractivity contribution >= 4 is 33.5 Å². The van der Waals surface area contributed by atoms with Crippen LogP contribution in [0.25, 0.3) is 0 Å². The van der Waals surface area contributed by atoms with E-state index in [1.54, 1.807) is 0 Å². The largest absolute Gasteiger partial charge is 0.480 e. The first kappa shape index (κ1) is 18.4. The molecule has 1 rings (SSSR count). The van der Waals surface area contributed by atoms with Crippen molar-refractivity contribution in [3.05, 3.63) is 29.3 Å². The summed E-state index contributed by atoms with van der Waals surface area (Å²) in [4.78, 5) is 23.9. The molecule has 1 aromatic rings. The van der Waals surface area contributed by atoms with E-state index in [9.17, 15) is 18.0 Å². The van der Waals surface area contributed by atoms with Gasteiger partial charge in [-0.05, 0) is 38.1 Å². The first-order valence-corrected chi connectivity index (χ1v) is 8.19. The summed E-state index contributed by atoms with van der Waals surface area (Å²) in [5, 5.41) is 9.26. The number of benzene rings is 1. The van der Waals surface area contributed by atoms with E-state index in [-0.39, 0.29) is 4.90 Å². The number of hydrogen-bond donors (Lipinski definition) is 2. The van der Waals surface area contributed by atoms with Crippen molar-refractivity contribution in [2.45, 2.75) is 30.8 Å². The number of carbonyl (C=O) groups is 2. The molecular weight excluding hydrogens is 332 g/mol. The average Bonchev–Trinajstić information content (AvgIpc) is 2.44. The third kappa shape index (κ3) is 4.43. The Bertz CT molecular complexity index is 660. The van der Waals surface area contributed by atoms with Crippen molar-refractivity contribution in [3.8, 4) is 0 Å². The maximum atomic E-state index is 12.1. The lowest BCUT2D eigenvalue weighted by atomic mass is 10.2. The van der Waals surface area contributed by atoms with Crippen molar-refractivity contribution in [3.63, 3.8) is 0 Å². The van der Waals surface area contributed by atoms with E-state index in [4.69, 9.17) is 16.7 Å². The Morgan fingerprint density at radius 3 is 2.18 bits per heavy atom. The standard InChI is InChI=1S/C13H17ClN2O5S/c1-8(12(17)16(3)9(2)13(18)19)15-22(20,21)11-6-4-10(14)5-7-11/h4-9,15H,1-3H3,(H,18,19). The Kier molecular flexibility index (Phi) is 5.92. The van der Waals surface area contributed by atoms with Gasteiger partial charge in [0.05, 0.1) is 10.9 Å². The zero-order valence-electron chi connectivity index (χ0n) is 12.3. The summed E-state index contributed by atoms with van der Waals surface area (Å²) in [6.45, 7) is 2.68. The fourth-order valence-electron chi connectivity index (χ4n) is 1.63. The number of hydrogen-bond acceptors (Lipinski definition) is 4. The van der Waals surface area contributed by atoms with Crippen molar-refractivity contribution in [2.24, 2.45) is 0 Å². The van der Waals surface area contributed by atoms with Gasteiger partial charge in [-0.15, -0.1) is 0 Å². The molecular formula is C13H17ClN2O5S. The lowest BCUT2D eigenvalue weighted by Gasteiger charge is -2.25. The predicted octanol–water partition coefficient (Wildman–Crippen LogP) is 0.938. The lowest BCUT2D eigenvalue weighted by Crippen LogP contribution is -2.50. The van der Waals surface area contributed by atoms with Gasteiger partial charge < -0.3 is 10.0 Å². The zero-order valence-corrected chi connectivity index (χ0v) is 13.9. The third-order valence-corrected chi connectivity index (χ3v) is 4.92. The Morgan fingerprint density at radius 2 is 1.73 bits per heavy atom. The van der Waals surface area contributed by atoms with Gasteiger partial charge in [0.2, 0.25) is 15.9 Å². The number of likely N-dealkylation sites (N-methyl/N-ethyl adjacent to an activating group) is 1. The van der Waals surface area contributed by atoms with Crippen LogP contribution >= 0.6 is 11.6 Å². The first-order chi connectivity index (χ1) is 10.1. The molecule has 22 heavy (non-hydrogen) atoms. The molecule has 0 spiro atoms. The fraction of sp³-hybridized carbons (Fsp3) is 0.385. The van der Waals surface area contributed by atoms with Gasteiger partial charge in [0.1, 0.15) is 6.04 Å². The summed E-state index contributed by atoms with van der Waals surface area (Å²) in [5.41, 5.74) is 0. The normalized spacial score (nSPS) is 14.2. The topological polar surface area (TPSA) is 104 Å². The highest BCUT2D eigenvalue weighted by Gasteiger charge is 2.28. The van der Waals surface area contributed by atoms with Crippen LogP contribution < -0.4 is 4.72 Å². The smallest absolute Gasteiger partial charge is 0.326 e. The Morgan fingerprint density at radius 1 is 1.23 bits per heavy atom. The van der Waals surface area contributed by atoms with E-state index in [1.807, 2.05) is 0 Å². The number of sulfonamides is 1. The van der Waals surface area contributed by atoms with Crippen LogP contribution in [-0.2, 0) is 19.6 Å². The number of aliphatic carboxylic acids is 1. The summed E-state index contributed by atoms with van der Waals surface area (Å²) in [6.07, 6.45) is 0. The molecule has 0 saturated carbocycles. The molecule has 0 fully saturated rings. The van der Waals surface area contributed by atoms with Gasteiger partial charge in [-0.25, -0.2) is 13.2 Å². The van der Waals surface area contributed by atoms with Crippen LogP contribution in [0.3, 0.4) is 0 Å². The number of nitrogens with one attached hydrogen (secondary N) is 1. The SMILES string of the molecule is CC(NS(=O)(=O)c1ccc(Cl)cc1)C(=O)N(C)C(C)C(=O)O. The van der Waals surface area contributed by atoms with Crippen molar-refractivity contribution in [1.82, 2.24) is 9.62 Å². The van der Waals surface area contributed by atoms with Crippen LogP contribution in [0, 0.1) is 0 Å². The number of carboxylic acids is 1. The second-order valence-corrected chi connectivity index (χ2v) is 6.91. The summed E-state index contributed by atoms with van der Waals surface area (Å²) < 4.78 is 26.5. The van der Waals surface area contributed by atoms with Gasteiger partial charge in [0.25, 0.3) is 0 Å². The lowest BCUT2D eigenvalue weighted by molar-refractivity contribution is -0.148. The van der Waals surface area contributed by atoms with Gasteiger partial charge in [-0.1, -0.05) is 11.6 Å². The molecule has 0 saturated heterocycles. The Labute approximate surface area is 133 Å². The summed E-state index contributed by atoms with van der Waals surface area (Å²) >= 11 is 5.69. The molecule has 0 aliphatic carbocycles. The maximum absolute atomic E-state index is 12.1. The second-order valence-electron chi connectivity index (χ2n) is 4.76.